The molecule has 128 heavy (non-hydrogen) atoms. The Kier molecular flexibility index (Phi) is 43.1. The van der Waals surface area contributed by atoms with Crippen molar-refractivity contribution < 1.29 is 81.0 Å². The van der Waals surface area contributed by atoms with Crippen LogP contribution in [0.1, 0.15) is 214 Å². The molecule has 680 valence electrons. The van der Waals surface area contributed by atoms with Crippen molar-refractivity contribution in [3.05, 3.63) is 247 Å². The van der Waals surface area contributed by atoms with Crippen molar-refractivity contribution in [1.82, 2.24) is 35.3 Å². The van der Waals surface area contributed by atoms with E-state index in [-0.39, 0.29) is 53.7 Å². The standard InChI is InChI=1S/C25H28N2O.C22H29NO3S.C18H20N2O4S.C17H20N2O4S.C17H21NO5S/c1-3-4-5-6-7-20-9-11-21(12-10-20)22-13-15-23(16-14-22)25(28)27-24-17-8-19(2)18-26-24;1-3-4-5-6-7-8-9-18-10-12-19(13-11-18)20-14-16-21(17-15-20)22(24)23-27(2,25)26;1-11-16(24-10-15(21)19-14-4-2-3-5-14)20-17(25-11)12-6-8-13(9-7-12)18(22)23;1-3-4-9-18-14(20)10-23-15-11(2)24-16(19-15)12-5-7-13(8-6-12)17(21)22;1-3-21-8-9-22-10-11-23-15-12(2)24-16(18-15)13-4-6-14(7-5-13)17(19)20/h8-18H,3-7H2,1-2H3,(H,26,27,28);10-17H,3-9H2,1-2H3,(H,23,24);6-9,14H,2-5,10H2,1H3,(H,19,21)(H,22,23);5-8H,3-4,9-10H2,1-2H3,(H,18,20)(H,21,22);4-7H,3,8-11H2,1-2H3,(H,19,20). The van der Waals surface area contributed by atoms with E-state index >= 15 is 0 Å². The Labute approximate surface area is 763 Å². The molecule has 11 aromatic rings. The largest absolute Gasteiger partial charge is 0.478 e. The summed E-state index contributed by atoms with van der Waals surface area (Å²) in [5.41, 5.74) is 12.3. The number of rotatable bonds is 42. The Hall–Kier alpha value is -11.9. The van der Waals surface area contributed by atoms with Crippen LogP contribution in [0, 0.1) is 27.7 Å². The van der Waals surface area contributed by atoms with Gasteiger partial charge in [-0.15, -0.1) is 34.0 Å². The number of sulfonamides is 1. The number of hydrogen-bond donors (Lipinski definition) is 7. The molecule has 7 aromatic carbocycles. The van der Waals surface area contributed by atoms with Gasteiger partial charge < -0.3 is 55.0 Å². The van der Waals surface area contributed by atoms with Crippen LogP contribution in [0.3, 0.4) is 0 Å². The minimum Gasteiger partial charge on any atom is -0.478 e. The average molecular weight is 1820 g/mol. The third-order valence-electron chi connectivity index (χ3n) is 20.1. The van der Waals surface area contributed by atoms with E-state index in [0.717, 1.165) is 113 Å². The number of carbonyl (C=O) groups is 7. The maximum Gasteiger partial charge on any atom is 0.335 e. The molecule has 29 heteroatoms. The van der Waals surface area contributed by atoms with E-state index < -0.39 is 33.8 Å². The van der Waals surface area contributed by atoms with E-state index in [4.69, 9.17) is 39.0 Å². The molecule has 4 amide bonds. The second-order valence-electron chi connectivity index (χ2n) is 30.5. The van der Waals surface area contributed by atoms with Gasteiger partial charge in [-0.05, 0) is 185 Å². The number of hydrogen-bond acceptors (Lipinski definition) is 21. The number of benzene rings is 7. The van der Waals surface area contributed by atoms with E-state index in [2.05, 4.69) is 105 Å². The topological polar surface area (TPSA) is 360 Å². The summed E-state index contributed by atoms with van der Waals surface area (Å²) in [6.45, 7) is 19.4. The first kappa shape index (κ1) is 102. The summed E-state index contributed by atoms with van der Waals surface area (Å²) >= 11 is 4.40. The number of carbonyl (C=O) groups excluding carboxylic acids is 4. The fraction of sp³-hybridized carbons (Fsp3) is 0.364. The maximum absolute atomic E-state index is 12.4. The number of unbranched alkanes of at least 4 members (excludes halogenated alkanes) is 9. The van der Waals surface area contributed by atoms with Gasteiger partial charge in [0.25, 0.3) is 23.6 Å². The van der Waals surface area contributed by atoms with Crippen molar-refractivity contribution in [2.24, 2.45) is 0 Å². The van der Waals surface area contributed by atoms with Crippen LogP contribution in [-0.2, 0) is 41.9 Å². The van der Waals surface area contributed by atoms with Gasteiger partial charge in [-0.3, -0.25) is 19.2 Å². The van der Waals surface area contributed by atoms with Gasteiger partial charge in [0.1, 0.15) is 27.4 Å². The number of aromatic nitrogens is 4. The zero-order chi connectivity index (χ0) is 92.2. The second-order valence-corrected chi connectivity index (χ2v) is 35.9. The molecule has 0 aliphatic heterocycles. The summed E-state index contributed by atoms with van der Waals surface area (Å²) in [6, 6.07) is 55.6. The monoisotopic (exact) mass is 1820 g/mol. The van der Waals surface area contributed by atoms with Crippen molar-refractivity contribution in [2.45, 2.75) is 177 Å². The number of ether oxygens (including phenoxy) is 5. The lowest BCUT2D eigenvalue weighted by atomic mass is 10.00. The molecule has 12 rings (SSSR count). The lowest BCUT2D eigenvalue weighted by molar-refractivity contribution is -0.124. The molecule has 1 aliphatic carbocycles. The number of carboxylic acid groups (broad SMARTS) is 3. The molecule has 0 radical (unpaired) electrons. The van der Waals surface area contributed by atoms with Crippen LogP contribution in [0.25, 0.3) is 54.0 Å². The Morgan fingerprint density at radius 2 is 0.781 bits per heavy atom. The molecule has 4 heterocycles. The fourth-order valence-electron chi connectivity index (χ4n) is 13.0. The van der Waals surface area contributed by atoms with E-state index in [1.165, 1.54) is 140 Å². The molecule has 0 unspecified atom stereocenters. The van der Waals surface area contributed by atoms with Gasteiger partial charge in [0.15, 0.2) is 13.2 Å². The van der Waals surface area contributed by atoms with Gasteiger partial charge in [-0.1, -0.05) is 207 Å². The third kappa shape index (κ3) is 35.8. The lowest BCUT2D eigenvalue weighted by Crippen LogP contribution is -2.36. The van der Waals surface area contributed by atoms with Crippen LogP contribution in [0.4, 0.5) is 5.82 Å². The Balaban J connectivity index is 0.000000198. The van der Waals surface area contributed by atoms with Gasteiger partial charge in [-0.25, -0.2) is 47.5 Å². The number of thiazole rings is 3. The number of nitrogens with zero attached hydrogens (tertiary/aromatic N) is 4. The number of anilines is 1. The number of aryl methyl sites for hydroxylation is 6. The molecule has 0 saturated heterocycles. The van der Waals surface area contributed by atoms with Gasteiger partial charge >= 0.3 is 17.9 Å². The highest BCUT2D eigenvalue weighted by atomic mass is 32.2. The molecular formula is C99H118N8O17S4. The first-order chi connectivity index (χ1) is 61.7. The zero-order valence-electron chi connectivity index (χ0n) is 74.3. The zero-order valence-corrected chi connectivity index (χ0v) is 77.6. The van der Waals surface area contributed by atoms with Gasteiger partial charge in [0.05, 0.1) is 57.4 Å². The summed E-state index contributed by atoms with van der Waals surface area (Å²) in [6.07, 6.45) is 24.3. The van der Waals surface area contributed by atoms with E-state index in [1.54, 1.807) is 79.0 Å². The molecular weight excluding hydrogens is 1700 g/mol. The summed E-state index contributed by atoms with van der Waals surface area (Å²) in [4.78, 5) is 101. The molecule has 7 N–H and O–H groups in total. The minimum atomic E-state index is -3.55. The maximum atomic E-state index is 12.4. The number of carboxylic acids is 3. The fourth-order valence-corrected chi connectivity index (χ4v) is 16.0. The van der Waals surface area contributed by atoms with Crippen molar-refractivity contribution in [3.8, 4) is 71.6 Å². The molecule has 1 aliphatic rings. The highest BCUT2D eigenvalue weighted by Crippen LogP contribution is 2.36. The SMILES string of the molecule is CCCCCCCCc1ccc(-c2ccc(C(=O)NS(C)(=O)=O)cc2)cc1.CCCCCCc1ccc(-c2ccc(C(=O)Nc3ccc(C)cn3)cc2)cc1.CCCCNC(=O)COc1nc(-c2ccc(C(=O)O)cc2)sc1C.CCOCCOCCOc1nc(-c2ccc(C(=O)O)cc2)sc1C.Cc1sc(-c2ccc(C(=O)O)cc2)nc1OCC(=O)NC1CCCC1. The Morgan fingerprint density at radius 1 is 0.414 bits per heavy atom. The molecule has 0 bridgehead atoms. The van der Waals surface area contributed by atoms with E-state index in [9.17, 15) is 42.0 Å². The van der Waals surface area contributed by atoms with Gasteiger partial charge in [0.2, 0.25) is 27.7 Å². The summed E-state index contributed by atoms with van der Waals surface area (Å²) in [5.74, 6) is -1.87. The van der Waals surface area contributed by atoms with Crippen LogP contribution in [0.15, 0.2) is 188 Å². The first-order valence-corrected chi connectivity index (χ1v) is 47.7. The minimum absolute atomic E-state index is 0.0432. The van der Waals surface area contributed by atoms with E-state index in [0.29, 0.717) is 74.2 Å². The Bertz CT molecular complexity index is 5390. The second kappa shape index (κ2) is 54.3. The van der Waals surface area contributed by atoms with Crippen molar-refractivity contribution in [3.63, 3.8) is 0 Å². The van der Waals surface area contributed by atoms with Crippen molar-refractivity contribution in [2.75, 3.05) is 64.4 Å². The van der Waals surface area contributed by atoms with Crippen LogP contribution < -0.4 is 34.9 Å². The average Bonchev–Trinajstić information content (AvgIpc) is 1.78. The molecule has 1 saturated carbocycles. The first-order valence-electron chi connectivity index (χ1n) is 43.4. The number of pyridine rings is 1. The summed E-state index contributed by atoms with van der Waals surface area (Å²) < 4.78 is 51.5. The number of aromatic carboxylic acids is 3. The van der Waals surface area contributed by atoms with Crippen molar-refractivity contribution >= 4 is 91.4 Å². The number of nitrogens with one attached hydrogen (secondary N) is 4. The smallest absolute Gasteiger partial charge is 0.335 e. The lowest BCUT2D eigenvalue weighted by Gasteiger charge is -2.11. The van der Waals surface area contributed by atoms with E-state index in [1.807, 2.05) is 87.9 Å². The summed E-state index contributed by atoms with van der Waals surface area (Å²) in [5, 5.41) is 37.7. The quantitative estimate of drug-likeness (QED) is 0.0175. The molecule has 0 atom stereocenters. The van der Waals surface area contributed by atoms with Crippen LogP contribution in [0.5, 0.6) is 17.6 Å². The molecule has 1 fully saturated rings. The molecule has 4 aromatic heterocycles. The van der Waals surface area contributed by atoms with Crippen molar-refractivity contribution in [1.29, 1.82) is 0 Å². The van der Waals surface area contributed by atoms with Crippen LogP contribution in [0.2, 0.25) is 0 Å². The molecule has 0 spiro atoms. The third-order valence-corrected chi connectivity index (χ3v) is 23.7. The predicted molar refractivity (Wildman–Crippen MR) is 508 cm³/mol. The normalized spacial score (nSPS) is 11.5. The molecule has 25 nitrogen and oxygen atoms in total. The summed E-state index contributed by atoms with van der Waals surface area (Å²) in [7, 11) is -3.55. The number of amides is 4. The highest BCUT2D eigenvalue weighted by molar-refractivity contribution is 7.89. The van der Waals surface area contributed by atoms with Crippen LogP contribution in [-0.4, -0.2) is 150 Å². The van der Waals surface area contributed by atoms with Gasteiger partial charge in [0, 0.05) is 53.2 Å². The Morgan fingerprint density at radius 3 is 1.19 bits per heavy atom. The van der Waals surface area contributed by atoms with Gasteiger partial charge in [-0.2, -0.15) is 0 Å². The van der Waals surface area contributed by atoms with Crippen LogP contribution >= 0.6 is 34.0 Å². The highest BCUT2D eigenvalue weighted by Gasteiger charge is 2.21. The predicted octanol–water partition coefficient (Wildman–Crippen LogP) is 21.0.